The number of pyridine rings is 1. The zero-order valence-corrected chi connectivity index (χ0v) is 18.4. The molecule has 2 amide bonds. The van der Waals surface area contributed by atoms with Crippen molar-refractivity contribution in [1.82, 2.24) is 15.0 Å². The number of benzene rings is 1. The van der Waals surface area contributed by atoms with Crippen molar-refractivity contribution in [3.63, 3.8) is 0 Å². The molecular weight excluding hydrogens is 465 g/mol. The van der Waals surface area contributed by atoms with Gasteiger partial charge in [-0.15, -0.1) is 0 Å². The highest BCUT2D eigenvalue weighted by Crippen LogP contribution is 2.41. The molecule has 2 N–H and O–H groups in total. The third-order valence-corrected chi connectivity index (χ3v) is 5.85. The van der Waals surface area contributed by atoms with Gasteiger partial charge in [-0.25, -0.2) is 9.78 Å². The number of nitrogens with zero attached hydrogens (tertiary/aromatic N) is 5. The van der Waals surface area contributed by atoms with Crippen LogP contribution in [0.3, 0.4) is 0 Å². The van der Waals surface area contributed by atoms with Gasteiger partial charge in [0.1, 0.15) is 6.61 Å². The Morgan fingerprint density at radius 1 is 1.20 bits per heavy atom. The number of ether oxygens (including phenoxy) is 1. The van der Waals surface area contributed by atoms with Gasteiger partial charge in [-0.1, -0.05) is 12.1 Å². The topological polar surface area (TPSA) is 104 Å². The summed E-state index contributed by atoms with van der Waals surface area (Å²) < 4.78 is 44.9. The number of aromatic nitrogens is 3. The Bertz CT molecular complexity index is 1260. The molecular formula is C23H21F3N6O3. The smallest absolute Gasteiger partial charge is 0.416 e. The maximum absolute atomic E-state index is 13.3. The van der Waals surface area contributed by atoms with E-state index < -0.39 is 17.8 Å². The highest BCUT2D eigenvalue weighted by molar-refractivity contribution is 6.04. The quantitative estimate of drug-likeness (QED) is 0.568. The van der Waals surface area contributed by atoms with Crippen molar-refractivity contribution in [2.24, 2.45) is 0 Å². The molecule has 2 aromatic heterocycles. The Labute approximate surface area is 198 Å². The Kier molecular flexibility index (Phi) is 5.89. The molecule has 0 spiro atoms. The summed E-state index contributed by atoms with van der Waals surface area (Å²) in [7, 11) is 0. The van der Waals surface area contributed by atoms with Gasteiger partial charge in [-0.2, -0.15) is 18.2 Å². The van der Waals surface area contributed by atoms with Gasteiger partial charge in [-0.05, 0) is 30.7 Å². The molecule has 1 saturated heterocycles. The number of amides is 2. The van der Waals surface area contributed by atoms with Gasteiger partial charge >= 0.3 is 12.2 Å². The maximum atomic E-state index is 13.3. The van der Waals surface area contributed by atoms with Gasteiger partial charge in [0, 0.05) is 18.7 Å². The number of anilines is 3. The molecule has 0 aliphatic carbocycles. The van der Waals surface area contributed by atoms with Crippen LogP contribution in [0.2, 0.25) is 0 Å². The summed E-state index contributed by atoms with van der Waals surface area (Å²) in [6.07, 6.45) is -1.04. The number of hydrogen-bond acceptors (Lipinski definition) is 7. The van der Waals surface area contributed by atoms with Gasteiger partial charge < -0.3 is 14.7 Å². The zero-order chi connectivity index (χ0) is 24.6. The lowest BCUT2D eigenvalue weighted by Crippen LogP contribution is -2.48. The zero-order valence-electron chi connectivity index (χ0n) is 18.4. The van der Waals surface area contributed by atoms with Crippen molar-refractivity contribution in [3.8, 4) is 17.1 Å². The van der Waals surface area contributed by atoms with E-state index in [0.29, 0.717) is 30.0 Å². The molecule has 35 heavy (non-hydrogen) atoms. The van der Waals surface area contributed by atoms with Gasteiger partial charge in [0.2, 0.25) is 5.88 Å². The van der Waals surface area contributed by atoms with Crippen LogP contribution < -0.4 is 19.9 Å². The first-order valence-corrected chi connectivity index (χ1v) is 10.9. The number of rotatable bonds is 5. The Balaban J connectivity index is 1.47. The predicted molar refractivity (Wildman–Crippen MR) is 121 cm³/mol. The van der Waals surface area contributed by atoms with E-state index in [1.54, 1.807) is 18.2 Å². The first kappa shape index (κ1) is 22.8. The first-order valence-electron chi connectivity index (χ1n) is 10.9. The number of carbonyl (C=O) groups is 1. The molecule has 1 aromatic carbocycles. The SMILES string of the molecule is O=C(Nc1cncc(OCCO)n1)N1c2nc(-c3cccc(C(F)(F)F)c3)ccc2N2CC[C@H]1C2. The van der Waals surface area contributed by atoms with Crippen molar-refractivity contribution in [2.75, 3.05) is 41.4 Å². The highest BCUT2D eigenvalue weighted by atomic mass is 19.4. The van der Waals surface area contributed by atoms with Crippen LogP contribution in [0.1, 0.15) is 12.0 Å². The van der Waals surface area contributed by atoms with E-state index in [1.807, 2.05) is 0 Å². The fraction of sp³-hybridized carbons (Fsp3) is 0.304. The normalized spacial score (nSPS) is 16.7. The minimum Gasteiger partial charge on any atom is -0.474 e. The van der Waals surface area contributed by atoms with Crippen LogP contribution in [-0.2, 0) is 6.18 Å². The van der Waals surface area contributed by atoms with E-state index in [4.69, 9.17) is 9.84 Å². The van der Waals surface area contributed by atoms with E-state index in [2.05, 4.69) is 25.2 Å². The summed E-state index contributed by atoms with van der Waals surface area (Å²) in [6.45, 7) is 1.19. The number of carbonyl (C=O) groups excluding carboxylic acids is 1. The average Bonchev–Trinajstić information content (AvgIpc) is 3.26. The van der Waals surface area contributed by atoms with Crippen LogP contribution in [0.4, 0.5) is 35.3 Å². The largest absolute Gasteiger partial charge is 0.474 e. The van der Waals surface area contributed by atoms with Crippen LogP contribution in [0.15, 0.2) is 48.8 Å². The molecule has 1 fully saturated rings. The second-order valence-electron chi connectivity index (χ2n) is 8.12. The number of halogens is 3. The average molecular weight is 486 g/mol. The Morgan fingerprint density at radius 2 is 2.06 bits per heavy atom. The van der Waals surface area contributed by atoms with Gasteiger partial charge in [-0.3, -0.25) is 15.2 Å². The minimum atomic E-state index is -4.47. The standard InChI is InChI=1S/C23H21F3N6O3/c24-23(25,26)15-3-1-2-14(10-15)17-4-5-18-21(28-17)32(16-6-7-31(18)13-16)22(34)30-19-11-27-12-20(29-19)35-9-8-33/h1-5,10-12,16,33H,6-9,13H2,(H,29,30,34)/t16-/m0/s1. The van der Waals surface area contributed by atoms with E-state index in [-0.39, 0.29) is 31.0 Å². The second kappa shape index (κ2) is 9.02. The minimum absolute atomic E-state index is 0.0335. The fourth-order valence-electron chi connectivity index (χ4n) is 4.28. The summed E-state index contributed by atoms with van der Waals surface area (Å²) in [5.74, 6) is 0.668. The van der Waals surface area contributed by atoms with Crippen LogP contribution in [0, 0.1) is 0 Å². The maximum Gasteiger partial charge on any atom is 0.416 e. The fourth-order valence-corrected chi connectivity index (χ4v) is 4.28. The molecule has 4 heterocycles. The molecule has 0 saturated carbocycles. The van der Waals surface area contributed by atoms with Crippen molar-refractivity contribution >= 4 is 23.4 Å². The summed E-state index contributed by atoms with van der Waals surface area (Å²) in [6, 6.07) is 7.74. The molecule has 182 valence electrons. The lowest BCUT2D eigenvalue weighted by Gasteiger charge is -2.35. The summed E-state index contributed by atoms with van der Waals surface area (Å²) in [5, 5.41) is 11.6. The van der Waals surface area contributed by atoms with Gasteiger partial charge in [0.15, 0.2) is 11.6 Å². The number of nitrogens with one attached hydrogen (secondary N) is 1. The van der Waals surface area contributed by atoms with E-state index in [1.165, 1.54) is 23.4 Å². The van der Waals surface area contributed by atoms with Crippen molar-refractivity contribution in [3.05, 3.63) is 54.4 Å². The van der Waals surface area contributed by atoms with Crippen LogP contribution in [0.5, 0.6) is 5.88 Å². The molecule has 12 heteroatoms. The molecule has 5 rings (SSSR count). The van der Waals surface area contributed by atoms with E-state index >= 15 is 0 Å². The van der Waals surface area contributed by atoms with Gasteiger partial charge in [0.25, 0.3) is 0 Å². The van der Waals surface area contributed by atoms with Crippen molar-refractivity contribution in [1.29, 1.82) is 0 Å². The molecule has 0 unspecified atom stereocenters. The molecule has 9 nitrogen and oxygen atoms in total. The third kappa shape index (κ3) is 4.56. The predicted octanol–water partition coefficient (Wildman–Crippen LogP) is 3.56. The van der Waals surface area contributed by atoms with Crippen molar-refractivity contribution < 1.29 is 27.8 Å². The van der Waals surface area contributed by atoms with Crippen LogP contribution >= 0.6 is 0 Å². The Morgan fingerprint density at radius 3 is 2.86 bits per heavy atom. The number of aliphatic hydroxyl groups excluding tert-OH is 1. The molecule has 2 aliphatic heterocycles. The van der Waals surface area contributed by atoms with E-state index in [9.17, 15) is 18.0 Å². The Hall–Kier alpha value is -3.93. The van der Waals surface area contributed by atoms with Crippen molar-refractivity contribution in [2.45, 2.75) is 18.6 Å². The lowest BCUT2D eigenvalue weighted by atomic mass is 10.1. The third-order valence-electron chi connectivity index (χ3n) is 5.85. The highest BCUT2D eigenvalue weighted by Gasteiger charge is 2.40. The molecule has 3 aromatic rings. The lowest BCUT2D eigenvalue weighted by molar-refractivity contribution is -0.137. The number of alkyl halides is 3. The summed E-state index contributed by atoms with van der Waals surface area (Å²) in [4.78, 5) is 29.7. The summed E-state index contributed by atoms with van der Waals surface area (Å²) in [5.41, 5.74) is 0.593. The second-order valence-corrected chi connectivity index (χ2v) is 8.12. The molecule has 2 aliphatic rings. The molecule has 0 radical (unpaired) electrons. The number of urea groups is 1. The number of fused-ring (bicyclic) bond motifs is 4. The van der Waals surface area contributed by atoms with Crippen LogP contribution in [0.25, 0.3) is 11.3 Å². The monoisotopic (exact) mass is 486 g/mol. The summed E-state index contributed by atoms with van der Waals surface area (Å²) >= 11 is 0. The number of aliphatic hydroxyl groups is 1. The van der Waals surface area contributed by atoms with Crippen LogP contribution in [-0.4, -0.2) is 58.4 Å². The van der Waals surface area contributed by atoms with Gasteiger partial charge in [0.05, 0.1) is 42.0 Å². The molecule has 1 atom stereocenters. The van der Waals surface area contributed by atoms with E-state index in [0.717, 1.165) is 24.4 Å². The molecule has 2 bridgehead atoms. The first-order chi connectivity index (χ1) is 16.8. The number of hydrogen-bond donors (Lipinski definition) is 2.